The summed E-state index contributed by atoms with van der Waals surface area (Å²) in [6.45, 7) is 14.6. The molecule has 0 saturated carbocycles. The van der Waals surface area contributed by atoms with E-state index in [0.717, 1.165) is 25.3 Å². The van der Waals surface area contributed by atoms with Gasteiger partial charge in [0.1, 0.15) is 5.60 Å². The van der Waals surface area contributed by atoms with Crippen molar-refractivity contribution in [3.63, 3.8) is 0 Å². The van der Waals surface area contributed by atoms with Crippen LogP contribution in [0.1, 0.15) is 47.1 Å². The van der Waals surface area contributed by atoms with Crippen molar-refractivity contribution >= 4 is 11.8 Å². The van der Waals surface area contributed by atoms with Crippen molar-refractivity contribution in [2.45, 2.75) is 59.2 Å². The third kappa shape index (κ3) is 9.92. The molecule has 0 spiro atoms. The number of nitrogens with one attached hydrogen (secondary N) is 3. The molecule has 23 heavy (non-hydrogen) atoms. The molecule has 1 aromatic carbocycles. The molecule has 130 valence electrons. The number of carbonyl (C=O) groups is 1. The van der Waals surface area contributed by atoms with Crippen molar-refractivity contribution in [2.24, 2.45) is 0 Å². The van der Waals surface area contributed by atoms with Gasteiger partial charge in [-0.25, -0.2) is 4.79 Å². The molecule has 0 atom stereocenters. The van der Waals surface area contributed by atoms with Gasteiger partial charge in [-0.05, 0) is 59.2 Å². The second kappa shape index (κ2) is 8.31. The number of carbonyl (C=O) groups excluding carboxylic acids is 1. The van der Waals surface area contributed by atoms with Crippen LogP contribution >= 0.6 is 0 Å². The largest absolute Gasteiger partial charge is 0.444 e. The molecule has 0 aliphatic carbocycles. The standard InChI is InChI=1S/C18H31N3O2/c1-17(2,3)20-12-11-19-13-14-7-9-15(10-8-14)21-16(22)23-18(4,5)6/h7-10,19-20H,11-13H2,1-6H3,(H,21,22). The second-order valence-corrected chi connectivity index (χ2v) is 7.68. The van der Waals surface area contributed by atoms with Crippen LogP contribution in [-0.2, 0) is 11.3 Å². The Balaban J connectivity index is 2.32. The van der Waals surface area contributed by atoms with Crippen LogP contribution in [-0.4, -0.2) is 30.3 Å². The monoisotopic (exact) mass is 321 g/mol. The third-order valence-electron chi connectivity index (χ3n) is 2.89. The van der Waals surface area contributed by atoms with Crippen molar-refractivity contribution in [2.75, 3.05) is 18.4 Å². The first-order chi connectivity index (χ1) is 10.6. The summed E-state index contributed by atoms with van der Waals surface area (Å²) < 4.78 is 5.22. The SMILES string of the molecule is CC(C)(C)NCCNCc1ccc(NC(=O)OC(C)(C)C)cc1. The van der Waals surface area contributed by atoms with Crippen LogP contribution in [0.4, 0.5) is 10.5 Å². The molecule has 5 heteroatoms. The van der Waals surface area contributed by atoms with Crippen LogP contribution in [0.15, 0.2) is 24.3 Å². The van der Waals surface area contributed by atoms with E-state index < -0.39 is 11.7 Å². The quantitative estimate of drug-likeness (QED) is 0.702. The van der Waals surface area contributed by atoms with Gasteiger partial charge in [-0.2, -0.15) is 0 Å². The lowest BCUT2D eigenvalue weighted by molar-refractivity contribution is 0.0636. The first kappa shape index (κ1) is 19.5. The van der Waals surface area contributed by atoms with Gasteiger partial charge in [-0.1, -0.05) is 12.1 Å². The second-order valence-electron chi connectivity index (χ2n) is 7.68. The van der Waals surface area contributed by atoms with Crippen molar-refractivity contribution < 1.29 is 9.53 Å². The fourth-order valence-electron chi connectivity index (χ4n) is 1.89. The van der Waals surface area contributed by atoms with Crippen LogP contribution in [0.2, 0.25) is 0 Å². The van der Waals surface area contributed by atoms with Gasteiger partial charge >= 0.3 is 6.09 Å². The molecule has 5 nitrogen and oxygen atoms in total. The Morgan fingerprint density at radius 2 is 1.61 bits per heavy atom. The maximum Gasteiger partial charge on any atom is 0.412 e. The molecule has 0 radical (unpaired) electrons. The molecular weight excluding hydrogens is 290 g/mol. The number of hydrogen-bond donors (Lipinski definition) is 3. The van der Waals surface area contributed by atoms with E-state index in [1.165, 1.54) is 5.56 Å². The zero-order valence-corrected chi connectivity index (χ0v) is 15.2. The van der Waals surface area contributed by atoms with Crippen LogP contribution in [0.5, 0.6) is 0 Å². The van der Waals surface area contributed by atoms with Gasteiger partial charge in [-0.3, -0.25) is 5.32 Å². The van der Waals surface area contributed by atoms with Crippen LogP contribution in [0.3, 0.4) is 0 Å². The molecule has 0 aromatic heterocycles. The number of anilines is 1. The van der Waals surface area contributed by atoms with E-state index in [0.29, 0.717) is 0 Å². The van der Waals surface area contributed by atoms with Crippen LogP contribution in [0.25, 0.3) is 0 Å². The maximum absolute atomic E-state index is 11.7. The first-order valence-electron chi connectivity index (χ1n) is 8.10. The third-order valence-corrected chi connectivity index (χ3v) is 2.89. The highest BCUT2D eigenvalue weighted by molar-refractivity contribution is 5.84. The fourth-order valence-corrected chi connectivity index (χ4v) is 1.89. The molecule has 3 N–H and O–H groups in total. The number of rotatable bonds is 6. The summed E-state index contributed by atoms with van der Waals surface area (Å²) in [6, 6.07) is 7.76. The van der Waals surface area contributed by atoms with Gasteiger partial charge < -0.3 is 15.4 Å². The Kier molecular flexibility index (Phi) is 7.03. The van der Waals surface area contributed by atoms with E-state index in [4.69, 9.17) is 4.74 Å². The summed E-state index contributed by atoms with van der Waals surface area (Å²) in [4.78, 5) is 11.7. The lowest BCUT2D eigenvalue weighted by Gasteiger charge is -2.20. The van der Waals surface area contributed by atoms with E-state index in [1.807, 2.05) is 45.0 Å². The molecule has 0 saturated heterocycles. The van der Waals surface area contributed by atoms with Gasteiger partial charge in [0.05, 0.1) is 0 Å². The average Bonchev–Trinajstić information content (AvgIpc) is 2.36. The summed E-state index contributed by atoms with van der Waals surface area (Å²) in [7, 11) is 0. The summed E-state index contributed by atoms with van der Waals surface area (Å²) in [5, 5.41) is 9.55. The highest BCUT2D eigenvalue weighted by Crippen LogP contribution is 2.12. The van der Waals surface area contributed by atoms with Crippen molar-refractivity contribution in [1.29, 1.82) is 0 Å². The molecule has 0 aliphatic heterocycles. The molecule has 1 aromatic rings. The Labute approximate surface area is 140 Å². The Hall–Kier alpha value is -1.59. The molecule has 0 fully saturated rings. The average molecular weight is 321 g/mol. The first-order valence-corrected chi connectivity index (χ1v) is 8.10. The topological polar surface area (TPSA) is 62.4 Å². The molecule has 0 unspecified atom stereocenters. The summed E-state index contributed by atoms with van der Waals surface area (Å²) in [6.07, 6.45) is -0.434. The fraction of sp³-hybridized carbons (Fsp3) is 0.611. The van der Waals surface area contributed by atoms with Crippen LogP contribution < -0.4 is 16.0 Å². The van der Waals surface area contributed by atoms with E-state index in [2.05, 4.69) is 36.7 Å². The lowest BCUT2D eigenvalue weighted by atomic mass is 10.1. The predicted octanol–water partition coefficient (Wildman–Crippen LogP) is 3.51. The van der Waals surface area contributed by atoms with Gasteiger partial charge in [-0.15, -0.1) is 0 Å². The normalized spacial score (nSPS) is 12.1. The number of hydrogen-bond acceptors (Lipinski definition) is 4. The minimum absolute atomic E-state index is 0.149. The predicted molar refractivity (Wildman–Crippen MR) is 95.8 cm³/mol. The minimum Gasteiger partial charge on any atom is -0.444 e. The smallest absolute Gasteiger partial charge is 0.412 e. The van der Waals surface area contributed by atoms with Gasteiger partial charge in [0.15, 0.2) is 0 Å². The Morgan fingerprint density at radius 1 is 1.00 bits per heavy atom. The van der Waals surface area contributed by atoms with Crippen molar-refractivity contribution in [1.82, 2.24) is 10.6 Å². The number of benzene rings is 1. The zero-order valence-electron chi connectivity index (χ0n) is 15.2. The number of ether oxygens (including phenoxy) is 1. The Bertz CT molecular complexity index is 484. The molecule has 0 bridgehead atoms. The Morgan fingerprint density at radius 3 is 2.13 bits per heavy atom. The van der Waals surface area contributed by atoms with Gasteiger partial charge in [0.2, 0.25) is 0 Å². The summed E-state index contributed by atoms with van der Waals surface area (Å²) >= 11 is 0. The highest BCUT2D eigenvalue weighted by Gasteiger charge is 2.16. The maximum atomic E-state index is 11.7. The molecular formula is C18H31N3O2. The van der Waals surface area contributed by atoms with E-state index in [-0.39, 0.29) is 5.54 Å². The summed E-state index contributed by atoms with van der Waals surface area (Å²) in [5.41, 5.74) is 1.57. The van der Waals surface area contributed by atoms with E-state index in [9.17, 15) is 4.79 Å². The van der Waals surface area contributed by atoms with Gasteiger partial charge in [0, 0.05) is 30.9 Å². The molecule has 1 amide bonds. The minimum atomic E-state index is -0.491. The van der Waals surface area contributed by atoms with Crippen molar-refractivity contribution in [3.8, 4) is 0 Å². The van der Waals surface area contributed by atoms with Gasteiger partial charge in [0.25, 0.3) is 0 Å². The van der Waals surface area contributed by atoms with E-state index in [1.54, 1.807) is 0 Å². The molecule has 0 heterocycles. The number of amides is 1. The summed E-state index contributed by atoms with van der Waals surface area (Å²) in [5.74, 6) is 0. The highest BCUT2D eigenvalue weighted by atomic mass is 16.6. The zero-order chi connectivity index (χ0) is 17.5. The van der Waals surface area contributed by atoms with Crippen molar-refractivity contribution in [3.05, 3.63) is 29.8 Å². The van der Waals surface area contributed by atoms with E-state index >= 15 is 0 Å². The lowest BCUT2D eigenvalue weighted by Crippen LogP contribution is -2.40. The molecule has 1 rings (SSSR count). The van der Waals surface area contributed by atoms with Crippen LogP contribution in [0, 0.1) is 0 Å². The molecule has 0 aliphatic rings.